The first kappa shape index (κ1) is 8.00. The van der Waals surface area contributed by atoms with Crippen LogP contribution in [0.3, 0.4) is 0 Å². The van der Waals surface area contributed by atoms with Crippen molar-refractivity contribution in [3.63, 3.8) is 0 Å². The molecule has 0 amide bonds. The van der Waals surface area contributed by atoms with Crippen molar-refractivity contribution in [1.29, 1.82) is 0 Å². The normalized spacial score (nSPS) is 28.3. The zero-order valence-electron chi connectivity index (χ0n) is 6.02. The van der Waals surface area contributed by atoms with Crippen molar-refractivity contribution in [1.82, 2.24) is 0 Å². The summed E-state index contributed by atoms with van der Waals surface area (Å²) in [5.41, 5.74) is 0. The predicted octanol–water partition coefficient (Wildman–Crippen LogP) is 1.29. The maximum absolute atomic E-state index is 10.7. The van der Waals surface area contributed by atoms with Gasteiger partial charge in [-0.1, -0.05) is 15.7 Å². The van der Waals surface area contributed by atoms with E-state index in [0.29, 0.717) is 5.75 Å². The van der Waals surface area contributed by atoms with Crippen LogP contribution in [-0.2, 0) is 18.0 Å². The highest BCUT2D eigenvalue weighted by molar-refractivity contribution is 8.91. The Balaban J connectivity index is 2.19. The molecule has 2 heterocycles. The van der Waals surface area contributed by atoms with Crippen molar-refractivity contribution < 1.29 is 18.0 Å². The lowest BCUT2D eigenvalue weighted by atomic mass is 10.5. The number of hydrogen-bond acceptors (Lipinski definition) is 5. The molecule has 2 aliphatic rings. The van der Waals surface area contributed by atoms with Gasteiger partial charge in [-0.05, 0) is 11.8 Å². The molecule has 1 spiro atoms. The van der Waals surface area contributed by atoms with Gasteiger partial charge >= 0.3 is 11.9 Å². The lowest BCUT2D eigenvalue weighted by Crippen LogP contribution is -2.05. The maximum Gasteiger partial charge on any atom is 0.442 e. The topological polar surface area (TPSA) is 52.6 Å². The highest BCUT2D eigenvalue weighted by Crippen LogP contribution is 2.67. The average Bonchev–Trinajstić information content (AvgIpc) is 2.29. The number of carbonyl (C=O) groups excluding carboxylic acids is 2. The Bertz CT molecular complexity index is 257. The fourth-order valence-electron chi connectivity index (χ4n) is 0.891. The van der Waals surface area contributed by atoms with Gasteiger partial charge in [0.25, 0.3) is 0 Å². The molecule has 0 aromatic rings. The van der Waals surface area contributed by atoms with Crippen LogP contribution in [0.25, 0.3) is 0 Å². The van der Waals surface area contributed by atoms with Gasteiger partial charge in [0.15, 0.2) is 0 Å². The van der Waals surface area contributed by atoms with E-state index in [4.69, 9.17) is 8.37 Å². The molecule has 0 saturated carbocycles. The van der Waals surface area contributed by atoms with Gasteiger partial charge in [0.05, 0.1) is 5.75 Å². The molecular formula is C6H6O4S2. The summed E-state index contributed by atoms with van der Waals surface area (Å²) in [7, 11) is -0.633. The smallest absolute Gasteiger partial charge is 0.323 e. The molecule has 0 radical (unpaired) electrons. The van der Waals surface area contributed by atoms with Gasteiger partial charge < -0.3 is 8.37 Å². The molecule has 66 valence electrons. The Morgan fingerprint density at radius 1 is 1.33 bits per heavy atom. The zero-order chi connectivity index (χ0) is 8.60. The molecule has 1 fully saturated rings. The third-order valence-corrected chi connectivity index (χ3v) is 5.67. The lowest BCUT2D eigenvalue weighted by Gasteiger charge is -2.33. The third kappa shape index (κ3) is 1.21. The van der Waals surface area contributed by atoms with Crippen LogP contribution >= 0.6 is 20.4 Å². The molecule has 0 aliphatic carbocycles. The first-order chi connectivity index (χ1) is 5.72. The monoisotopic (exact) mass is 206 g/mol. The fraction of sp³-hybridized carbons (Fsp3) is 0.333. The highest BCUT2D eigenvalue weighted by atomic mass is 33.2. The third-order valence-electron chi connectivity index (χ3n) is 1.40. The second-order valence-corrected chi connectivity index (χ2v) is 6.68. The van der Waals surface area contributed by atoms with Gasteiger partial charge in [-0.2, -0.15) is 0 Å². The van der Waals surface area contributed by atoms with E-state index in [1.807, 2.05) is 11.5 Å². The van der Waals surface area contributed by atoms with E-state index in [2.05, 4.69) is 0 Å². The summed E-state index contributed by atoms with van der Waals surface area (Å²) in [6.07, 6.45) is 2.76. The minimum atomic E-state index is -1.93. The molecule has 0 aromatic heterocycles. The van der Waals surface area contributed by atoms with Crippen LogP contribution in [0.4, 0.5) is 0 Å². The van der Waals surface area contributed by atoms with E-state index in [-0.39, 0.29) is 0 Å². The predicted molar refractivity (Wildman–Crippen MR) is 46.0 cm³/mol. The maximum atomic E-state index is 10.7. The Hall–Kier alpha value is -0.620. The molecule has 4 nitrogen and oxygen atoms in total. The highest BCUT2D eigenvalue weighted by Gasteiger charge is 2.42. The SMILES string of the molecule is O=C1OS2(CCC=CS2)OC1=O. The van der Waals surface area contributed by atoms with Gasteiger partial charge in [-0.3, -0.25) is 0 Å². The summed E-state index contributed by atoms with van der Waals surface area (Å²) in [6.45, 7) is 0. The van der Waals surface area contributed by atoms with Crippen LogP contribution in [0.15, 0.2) is 11.5 Å². The van der Waals surface area contributed by atoms with E-state index in [1.54, 1.807) is 0 Å². The van der Waals surface area contributed by atoms with Crippen molar-refractivity contribution in [2.45, 2.75) is 6.42 Å². The first-order valence-corrected chi connectivity index (χ1v) is 6.38. The standard InChI is InChI=1S/C6H6O4S2/c7-5-6(8)10-12(9-5)4-2-1-3-11-12/h1,3H,2,4H2. The van der Waals surface area contributed by atoms with Crippen LogP contribution in [0.1, 0.15) is 6.42 Å². The number of carbonyl (C=O) groups is 2. The van der Waals surface area contributed by atoms with Crippen LogP contribution in [-0.4, -0.2) is 17.7 Å². The van der Waals surface area contributed by atoms with E-state index >= 15 is 0 Å². The fourth-order valence-corrected chi connectivity index (χ4v) is 4.60. The molecule has 1 saturated heterocycles. The molecule has 0 unspecified atom stereocenters. The van der Waals surface area contributed by atoms with E-state index < -0.39 is 21.6 Å². The summed E-state index contributed by atoms with van der Waals surface area (Å²) < 4.78 is 9.77. The summed E-state index contributed by atoms with van der Waals surface area (Å²) in [5, 5.41) is 1.81. The number of hydrogen-bond donors (Lipinski definition) is 0. The zero-order valence-corrected chi connectivity index (χ0v) is 7.65. The lowest BCUT2D eigenvalue weighted by molar-refractivity contribution is -0.150. The minimum absolute atomic E-state index is 0.617. The van der Waals surface area contributed by atoms with E-state index in [0.717, 1.165) is 6.42 Å². The van der Waals surface area contributed by atoms with Crippen LogP contribution in [0.5, 0.6) is 0 Å². The van der Waals surface area contributed by atoms with Gasteiger partial charge in [-0.25, -0.2) is 9.59 Å². The summed E-state index contributed by atoms with van der Waals surface area (Å²) in [6, 6.07) is 0. The first-order valence-electron chi connectivity index (χ1n) is 3.33. The molecule has 0 N–H and O–H groups in total. The Labute approximate surface area is 74.4 Å². The molecule has 2 rings (SSSR count). The summed E-state index contributed by atoms with van der Waals surface area (Å²) in [4.78, 5) is 21.5. The molecule has 0 atom stereocenters. The molecule has 0 bridgehead atoms. The molecule has 2 aliphatic heterocycles. The largest absolute Gasteiger partial charge is 0.442 e. The van der Waals surface area contributed by atoms with Crippen molar-refractivity contribution in [3.05, 3.63) is 11.5 Å². The van der Waals surface area contributed by atoms with E-state index in [1.165, 1.54) is 10.8 Å². The van der Waals surface area contributed by atoms with Gasteiger partial charge in [0, 0.05) is 10.8 Å². The summed E-state index contributed by atoms with van der Waals surface area (Å²) in [5.74, 6) is -1.09. The van der Waals surface area contributed by atoms with Gasteiger partial charge in [-0.15, -0.1) is 0 Å². The van der Waals surface area contributed by atoms with Crippen molar-refractivity contribution in [2.75, 3.05) is 5.75 Å². The minimum Gasteiger partial charge on any atom is -0.323 e. The molecule has 0 aromatic carbocycles. The van der Waals surface area contributed by atoms with Crippen molar-refractivity contribution in [2.24, 2.45) is 0 Å². The molecule has 12 heavy (non-hydrogen) atoms. The van der Waals surface area contributed by atoms with Crippen LogP contribution in [0, 0.1) is 0 Å². The summed E-state index contributed by atoms with van der Waals surface area (Å²) >= 11 is 0. The Morgan fingerprint density at radius 3 is 2.50 bits per heavy atom. The average molecular weight is 206 g/mol. The van der Waals surface area contributed by atoms with Crippen molar-refractivity contribution >= 4 is 32.4 Å². The second kappa shape index (κ2) is 2.70. The van der Waals surface area contributed by atoms with Crippen LogP contribution < -0.4 is 0 Å². The van der Waals surface area contributed by atoms with Crippen LogP contribution in [0.2, 0.25) is 0 Å². The quantitative estimate of drug-likeness (QED) is 0.441. The molecule has 6 heteroatoms. The Morgan fingerprint density at radius 2 is 2.00 bits per heavy atom. The Kier molecular flexibility index (Phi) is 1.80. The van der Waals surface area contributed by atoms with E-state index in [9.17, 15) is 9.59 Å². The van der Waals surface area contributed by atoms with Gasteiger partial charge in [0.1, 0.15) is 0 Å². The van der Waals surface area contributed by atoms with Gasteiger partial charge in [0.2, 0.25) is 0 Å². The van der Waals surface area contributed by atoms with Crippen molar-refractivity contribution in [3.8, 4) is 0 Å². The number of rotatable bonds is 0. The molecular weight excluding hydrogens is 200 g/mol. The second-order valence-electron chi connectivity index (χ2n) is 2.26. The number of allylic oxidation sites excluding steroid dienone is 1.